The molecule has 0 aliphatic carbocycles. The molecule has 0 aromatic carbocycles. The van der Waals surface area contributed by atoms with E-state index in [4.69, 9.17) is 29.0 Å². The smallest absolute Gasteiger partial charge is 0.0995 e. The quantitative estimate of drug-likeness (QED) is 0.490. The molecular formula is C9H12Cl2N2S. The topological polar surface area (TPSA) is 38.0 Å². The lowest BCUT2D eigenvalue weighted by Crippen LogP contribution is -2.26. The summed E-state index contributed by atoms with van der Waals surface area (Å²) in [5.41, 5.74) is 4.79. The Hall–Kier alpha value is -0.0600. The minimum absolute atomic E-state index is 0.0729. The van der Waals surface area contributed by atoms with Crippen LogP contribution in [0.5, 0.6) is 0 Å². The first-order chi connectivity index (χ1) is 6.54. The summed E-state index contributed by atoms with van der Waals surface area (Å²) in [6.07, 6.45) is 2.00. The van der Waals surface area contributed by atoms with Crippen LogP contribution in [0, 0.1) is 0 Å². The molecule has 1 aromatic heterocycles. The van der Waals surface area contributed by atoms with E-state index in [1.54, 1.807) is 0 Å². The first-order valence-corrected chi connectivity index (χ1v) is 5.67. The first kappa shape index (κ1) is 12.0. The molecule has 0 aliphatic rings. The molecule has 0 aliphatic heterocycles. The molecule has 0 radical (unpaired) electrons. The molecule has 0 spiro atoms. The third kappa shape index (κ3) is 2.97. The van der Waals surface area contributed by atoms with Gasteiger partial charge in [0.05, 0.1) is 14.7 Å². The predicted octanol–water partition coefficient (Wildman–Crippen LogP) is 3.53. The molecule has 0 bridgehead atoms. The van der Waals surface area contributed by atoms with Gasteiger partial charge in [0.15, 0.2) is 0 Å². The molecule has 78 valence electrons. The van der Waals surface area contributed by atoms with Crippen LogP contribution in [-0.2, 0) is 0 Å². The second-order valence-corrected chi connectivity index (χ2v) is 5.45. The number of hydrazine groups is 1. The Morgan fingerprint density at radius 2 is 2.21 bits per heavy atom. The number of hydrogen-bond donors (Lipinski definition) is 2. The van der Waals surface area contributed by atoms with Crippen molar-refractivity contribution < 1.29 is 0 Å². The summed E-state index contributed by atoms with van der Waals surface area (Å²) >= 11 is 13.2. The summed E-state index contributed by atoms with van der Waals surface area (Å²) < 4.78 is 1.35. The van der Waals surface area contributed by atoms with Gasteiger partial charge in [-0.3, -0.25) is 5.84 Å². The largest absolute Gasteiger partial charge is 0.271 e. The van der Waals surface area contributed by atoms with E-state index < -0.39 is 0 Å². The van der Waals surface area contributed by atoms with Crippen LogP contribution in [0.3, 0.4) is 0 Å². The van der Waals surface area contributed by atoms with Gasteiger partial charge in [0.2, 0.25) is 0 Å². The molecule has 2 nitrogen and oxygen atoms in total. The Balaban J connectivity index is 3.00. The highest BCUT2D eigenvalue weighted by molar-refractivity contribution is 7.20. The number of rotatable bonds is 3. The minimum atomic E-state index is -0.0729. The Morgan fingerprint density at radius 1 is 1.57 bits per heavy atom. The molecule has 3 N–H and O–H groups in total. The van der Waals surface area contributed by atoms with Crippen molar-refractivity contribution in [3.8, 4) is 0 Å². The number of allylic oxidation sites excluding steroid dienone is 1. The maximum atomic E-state index is 6.01. The van der Waals surface area contributed by atoms with Crippen molar-refractivity contribution in [2.75, 3.05) is 0 Å². The van der Waals surface area contributed by atoms with Crippen molar-refractivity contribution in [3.05, 3.63) is 32.0 Å². The highest BCUT2D eigenvalue weighted by atomic mass is 35.5. The number of halogens is 2. The van der Waals surface area contributed by atoms with Crippen LogP contribution in [0.1, 0.15) is 25.5 Å². The van der Waals surface area contributed by atoms with E-state index in [2.05, 4.69) is 5.43 Å². The van der Waals surface area contributed by atoms with E-state index in [9.17, 15) is 0 Å². The van der Waals surface area contributed by atoms with Crippen LogP contribution in [0.15, 0.2) is 17.7 Å². The Labute approximate surface area is 97.7 Å². The summed E-state index contributed by atoms with van der Waals surface area (Å²) in [4.78, 5) is 0. The van der Waals surface area contributed by atoms with Crippen LogP contribution in [0.4, 0.5) is 0 Å². The van der Waals surface area contributed by atoms with E-state index in [1.807, 2.05) is 26.0 Å². The van der Waals surface area contributed by atoms with Crippen molar-refractivity contribution in [2.45, 2.75) is 19.9 Å². The van der Waals surface area contributed by atoms with Gasteiger partial charge in [-0.25, -0.2) is 5.43 Å². The lowest BCUT2D eigenvalue weighted by molar-refractivity contribution is 0.654. The summed E-state index contributed by atoms with van der Waals surface area (Å²) in [7, 11) is 0. The third-order valence-electron chi connectivity index (χ3n) is 1.70. The fraction of sp³-hybridized carbons (Fsp3) is 0.333. The Kier molecular flexibility index (Phi) is 4.41. The zero-order valence-corrected chi connectivity index (χ0v) is 10.3. The Morgan fingerprint density at radius 3 is 2.57 bits per heavy atom. The van der Waals surface area contributed by atoms with Gasteiger partial charge in [-0.15, -0.1) is 11.3 Å². The average molecular weight is 251 g/mol. The number of hydrogen-bond acceptors (Lipinski definition) is 3. The molecular weight excluding hydrogens is 239 g/mol. The normalized spacial score (nSPS) is 12.6. The third-order valence-corrected chi connectivity index (χ3v) is 3.22. The van der Waals surface area contributed by atoms with Crippen molar-refractivity contribution >= 4 is 34.5 Å². The van der Waals surface area contributed by atoms with Gasteiger partial charge in [-0.05, 0) is 19.9 Å². The van der Waals surface area contributed by atoms with Gasteiger partial charge >= 0.3 is 0 Å². The second kappa shape index (κ2) is 5.14. The Bertz CT molecular complexity index is 343. The molecule has 0 saturated carbocycles. The first-order valence-electron chi connectivity index (χ1n) is 4.10. The van der Waals surface area contributed by atoms with Crippen molar-refractivity contribution in [3.63, 3.8) is 0 Å². The number of nitrogens with one attached hydrogen (secondary N) is 1. The van der Waals surface area contributed by atoms with Crippen molar-refractivity contribution in [2.24, 2.45) is 5.84 Å². The van der Waals surface area contributed by atoms with Gasteiger partial charge in [0.25, 0.3) is 0 Å². The molecule has 14 heavy (non-hydrogen) atoms. The highest BCUT2D eigenvalue weighted by Gasteiger charge is 2.13. The lowest BCUT2D eigenvalue weighted by Gasteiger charge is -2.10. The molecule has 5 heteroatoms. The summed E-state index contributed by atoms with van der Waals surface area (Å²) in [6.45, 7) is 4.01. The zero-order valence-electron chi connectivity index (χ0n) is 7.97. The van der Waals surface area contributed by atoms with Gasteiger partial charge < -0.3 is 0 Å². The molecule has 1 heterocycles. The van der Waals surface area contributed by atoms with Crippen LogP contribution in [-0.4, -0.2) is 0 Å². The van der Waals surface area contributed by atoms with Crippen LogP contribution >= 0.6 is 34.5 Å². The summed E-state index contributed by atoms with van der Waals surface area (Å²) in [5, 5.41) is 0. The maximum absolute atomic E-state index is 6.01. The van der Waals surface area contributed by atoms with Gasteiger partial charge in [-0.2, -0.15) is 0 Å². The van der Waals surface area contributed by atoms with Crippen LogP contribution in [0.2, 0.25) is 8.67 Å². The van der Waals surface area contributed by atoms with Crippen molar-refractivity contribution in [1.29, 1.82) is 0 Å². The average Bonchev–Trinajstić information content (AvgIpc) is 2.41. The number of nitrogens with two attached hydrogens (primary N) is 1. The summed E-state index contributed by atoms with van der Waals surface area (Å²) in [6, 6.07) is 1.76. The van der Waals surface area contributed by atoms with E-state index in [1.165, 1.54) is 16.9 Å². The highest BCUT2D eigenvalue weighted by Crippen LogP contribution is 2.35. The molecule has 1 atom stereocenters. The predicted molar refractivity (Wildman–Crippen MR) is 63.8 cm³/mol. The molecule has 1 rings (SSSR count). The monoisotopic (exact) mass is 250 g/mol. The van der Waals surface area contributed by atoms with E-state index in [0.29, 0.717) is 8.67 Å². The van der Waals surface area contributed by atoms with E-state index in [-0.39, 0.29) is 6.04 Å². The van der Waals surface area contributed by atoms with E-state index in [0.717, 1.165) is 5.56 Å². The van der Waals surface area contributed by atoms with Crippen molar-refractivity contribution in [1.82, 2.24) is 5.43 Å². The molecule has 0 saturated heterocycles. The fourth-order valence-corrected chi connectivity index (χ4v) is 2.68. The molecule has 0 fully saturated rings. The molecule has 0 amide bonds. The molecule has 1 aromatic rings. The minimum Gasteiger partial charge on any atom is -0.271 e. The van der Waals surface area contributed by atoms with Gasteiger partial charge in [0, 0.05) is 5.56 Å². The van der Waals surface area contributed by atoms with Crippen LogP contribution in [0.25, 0.3) is 0 Å². The van der Waals surface area contributed by atoms with Crippen LogP contribution < -0.4 is 11.3 Å². The second-order valence-electron chi connectivity index (χ2n) is 3.17. The van der Waals surface area contributed by atoms with Gasteiger partial charge in [0.1, 0.15) is 0 Å². The SMILES string of the molecule is CC(C)=CC(NN)c1cc(Cl)sc1Cl. The fourth-order valence-electron chi connectivity index (χ4n) is 1.13. The standard InChI is InChI=1S/C9H12Cl2N2S/c1-5(2)3-7(13-12)6-4-8(10)14-9(6)11/h3-4,7,13H,12H2,1-2H3. The molecule has 1 unspecified atom stereocenters. The van der Waals surface area contributed by atoms with E-state index >= 15 is 0 Å². The number of thiophene rings is 1. The maximum Gasteiger partial charge on any atom is 0.0995 e. The summed E-state index contributed by atoms with van der Waals surface area (Å²) in [5.74, 6) is 5.44. The van der Waals surface area contributed by atoms with Gasteiger partial charge in [-0.1, -0.05) is 34.9 Å². The zero-order chi connectivity index (χ0) is 10.7. The lowest BCUT2D eigenvalue weighted by atomic mass is 10.1.